The van der Waals surface area contributed by atoms with E-state index in [1.807, 2.05) is 85.0 Å². The summed E-state index contributed by atoms with van der Waals surface area (Å²) >= 11 is 0. The summed E-state index contributed by atoms with van der Waals surface area (Å²) in [6.07, 6.45) is 12.0. The van der Waals surface area contributed by atoms with Gasteiger partial charge < -0.3 is 30.3 Å². The van der Waals surface area contributed by atoms with E-state index < -0.39 is 42.4 Å². The van der Waals surface area contributed by atoms with Crippen LogP contribution in [-0.4, -0.2) is 68.1 Å². The zero-order chi connectivity index (χ0) is 39.2. The van der Waals surface area contributed by atoms with Gasteiger partial charge in [0.2, 0.25) is 0 Å². The van der Waals surface area contributed by atoms with Gasteiger partial charge >= 0.3 is 29.8 Å². The summed E-state index contributed by atoms with van der Waals surface area (Å²) in [7, 11) is 0. The molecule has 0 aromatic heterocycles. The van der Waals surface area contributed by atoms with Crippen molar-refractivity contribution >= 4 is 42.0 Å². The summed E-state index contributed by atoms with van der Waals surface area (Å²) < 4.78 is 4.61. The van der Waals surface area contributed by atoms with Gasteiger partial charge in [0, 0.05) is 11.1 Å². The van der Waals surface area contributed by atoms with Crippen LogP contribution in [0.4, 0.5) is 0 Å². The number of carbonyl (C=O) groups is 5. The van der Waals surface area contributed by atoms with Gasteiger partial charge in [0.15, 0.2) is 6.10 Å². The van der Waals surface area contributed by atoms with E-state index in [9.17, 15) is 29.1 Å². The Balaban J connectivity index is 0. The molecule has 5 N–H and O–H groups in total. The number of hydrogen-bond donors (Lipinski definition) is 5. The second-order valence-corrected chi connectivity index (χ2v) is 10.2. The van der Waals surface area contributed by atoms with Gasteiger partial charge in [-0.3, -0.25) is 4.79 Å². The molecule has 2 aromatic carbocycles. The molecule has 274 valence electrons. The minimum Gasteiger partial charge on any atom is -0.481 e. The molecule has 0 aliphatic heterocycles. The first-order chi connectivity index (χ1) is 24.1. The van der Waals surface area contributed by atoms with Crippen LogP contribution < -0.4 is 0 Å². The smallest absolute Gasteiger partial charge is 0.337 e. The Bertz CT molecular complexity index is 1550. The van der Waals surface area contributed by atoms with Gasteiger partial charge in [0.25, 0.3) is 0 Å². The van der Waals surface area contributed by atoms with E-state index in [1.165, 1.54) is 18.6 Å². The number of unbranched alkanes of at least 4 members (excludes halogenated alkanes) is 1. The van der Waals surface area contributed by atoms with Crippen molar-refractivity contribution in [3.05, 3.63) is 144 Å². The number of ether oxygens (including phenoxy) is 1. The molecule has 0 radical (unpaired) electrons. The molecule has 0 saturated carbocycles. The first kappa shape index (κ1) is 47.0. The number of carbonyl (C=O) groups excluding carboxylic acids is 1. The average molecular weight is 705 g/mol. The molecule has 11 heteroatoms. The number of allylic oxidation sites excluding steroid dienone is 5. The number of hydrogen-bond acceptors (Lipinski definition) is 7. The molecular weight excluding hydrogens is 656 g/mol. The quantitative estimate of drug-likeness (QED) is 0.0664. The lowest BCUT2D eigenvalue weighted by Crippen LogP contribution is -2.22. The van der Waals surface area contributed by atoms with Crippen LogP contribution in [0.15, 0.2) is 133 Å². The number of carboxylic acid groups (broad SMARTS) is 4. The third-order valence-electron chi connectivity index (χ3n) is 5.93. The summed E-state index contributed by atoms with van der Waals surface area (Å²) in [5.74, 6) is -5.37. The molecule has 0 aliphatic rings. The highest BCUT2D eigenvalue weighted by Crippen LogP contribution is 2.15. The molecule has 1 unspecified atom stereocenters. The van der Waals surface area contributed by atoms with Crippen molar-refractivity contribution in [1.29, 1.82) is 0 Å². The molecule has 51 heavy (non-hydrogen) atoms. The van der Waals surface area contributed by atoms with E-state index in [4.69, 9.17) is 20.4 Å². The standard InChI is InChI=1S/C19H22O2.C9H12O4.C8H8.C4H6O5/c1-3-5-10-17(14-16-11-8-7-9-12-16)15-18(19(20)21)13-6-4-2;1-4-13-9(12)7(3)5-6(2)8(10)11;1-2-8-6-4-3-5-7-8;5-2(4(8)9)1-3(6)7/h3,5,7-12,14-15H,1,4,6,13H2,2H3,(H,20,21);5H,3-4H2,1-2H3,(H,10,11);2-7H,1H2;2,5H,1H2,(H,6,7)(H,8,9). The molecule has 2 aromatic rings. The van der Waals surface area contributed by atoms with Crippen molar-refractivity contribution in [1.82, 2.24) is 0 Å². The van der Waals surface area contributed by atoms with Crippen LogP contribution in [0, 0.1) is 0 Å². The largest absolute Gasteiger partial charge is 0.481 e. The van der Waals surface area contributed by atoms with Gasteiger partial charge in [-0.25, -0.2) is 19.2 Å². The highest BCUT2D eigenvalue weighted by Gasteiger charge is 2.16. The van der Waals surface area contributed by atoms with E-state index in [1.54, 1.807) is 19.1 Å². The Morgan fingerprint density at radius 2 is 1.37 bits per heavy atom. The summed E-state index contributed by atoms with van der Waals surface area (Å²) in [4.78, 5) is 52.0. The van der Waals surface area contributed by atoms with Gasteiger partial charge in [-0.05, 0) is 61.6 Å². The molecule has 0 aliphatic carbocycles. The van der Waals surface area contributed by atoms with Crippen molar-refractivity contribution in [2.75, 3.05) is 6.61 Å². The van der Waals surface area contributed by atoms with E-state index in [0.717, 1.165) is 24.0 Å². The maximum absolute atomic E-state index is 11.3. The van der Waals surface area contributed by atoms with Crippen molar-refractivity contribution in [2.45, 2.75) is 52.6 Å². The zero-order valence-corrected chi connectivity index (χ0v) is 29.2. The molecular formula is C40H48O11. The summed E-state index contributed by atoms with van der Waals surface area (Å²) in [6, 6.07) is 19.9. The number of aliphatic carboxylic acids is 4. The van der Waals surface area contributed by atoms with E-state index in [0.29, 0.717) is 12.0 Å². The molecule has 0 heterocycles. The highest BCUT2D eigenvalue weighted by molar-refractivity contribution is 5.95. The van der Waals surface area contributed by atoms with Gasteiger partial charge in [-0.1, -0.05) is 118 Å². The van der Waals surface area contributed by atoms with Crippen molar-refractivity contribution in [2.24, 2.45) is 0 Å². The van der Waals surface area contributed by atoms with Crippen molar-refractivity contribution in [3.8, 4) is 0 Å². The van der Waals surface area contributed by atoms with E-state index >= 15 is 0 Å². The van der Waals surface area contributed by atoms with Crippen LogP contribution in [0.25, 0.3) is 12.2 Å². The summed E-state index contributed by atoms with van der Waals surface area (Å²) in [6.45, 7) is 16.0. The molecule has 0 saturated heterocycles. The van der Waals surface area contributed by atoms with Crippen LogP contribution in [0.1, 0.15) is 57.6 Å². The fraction of sp³-hybridized carbons (Fsp3) is 0.225. The molecule has 0 bridgehead atoms. The third-order valence-corrected chi connectivity index (χ3v) is 5.93. The second kappa shape index (κ2) is 28.9. The Labute approximate surface area is 299 Å². The molecule has 0 amide bonds. The molecule has 1 atom stereocenters. The van der Waals surface area contributed by atoms with Crippen LogP contribution in [-0.2, 0) is 28.7 Å². The number of esters is 1. The van der Waals surface area contributed by atoms with Crippen LogP contribution in [0.5, 0.6) is 0 Å². The molecule has 11 nitrogen and oxygen atoms in total. The Morgan fingerprint density at radius 1 is 0.824 bits per heavy atom. The van der Waals surface area contributed by atoms with Crippen LogP contribution in [0.2, 0.25) is 0 Å². The van der Waals surface area contributed by atoms with Crippen molar-refractivity contribution in [3.63, 3.8) is 0 Å². The van der Waals surface area contributed by atoms with Crippen molar-refractivity contribution < 1.29 is 54.2 Å². The van der Waals surface area contributed by atoms with Gasteiger partial charge in [-0.2, -0.15) is 0 Å². The Morgan fingerprint density at radius 3 is 1.75 bits per heavy atom. The van der Waals surface area contributed by atoms with E-state index in [-0.39, 0.29) is 17.8 Å². The molecule has 0 fully saturated rings. The fourth-order valence-electron chi connectivity index (χ4n) is 3.32. The SMILES string of the molecule is C=C(C=C(C)C(=O)O)C(=O)OCC.C=CC=CC(=Cc1ccccc1)C=C(CCCC)C(=O)O.C=Cc1ccccc1.O=C(O)CC(O)C(=O)O. The normalized spacial score (nSPS) is 11.5. The second-order valence-electron chi connectivity index (χ2n) is 10.2. The number of aliphatic hydroxyl groups excluding tert-OH is 1. The summed E-state index contributed by atoms with van der Waals surface area (Å²) in [5, 5.41) is 41.9. The molecule has 0 spiro atoms. The topological polar surface area (TPSA) is 196 Å². The zero-order valence-electron chi connectivity index (χ0n) is 29.2. The number of carboxylic acids is 4. The minimum absolute atomic E-state index is 0.0433. The first-order valence-corrected chi connectivity index (χ1v) is 15.7. The Hall–Kier alpha value is -6.07. The predicted octanol–water partition coefficient (Wildman–Crippen LogP) is 7.39. The van der Waals surface area contributed by atoms with E-state index in [2.05, 4.69) is 31.4 Å². The lowest BCUT2D eigenvalue weighted by atomic mass is 10.0. The number of rotatable bonds is 16. The summed E-state index contributed by atoms with van der Waals surface area (Å²) in [5.41, 5.74) is 3.60. The lowest BCUT2D eigenvalue weighted by Gasteiger charge is -2.03. The number of aliphatic hydroxyl groups is 1. The lowest BCUT2D eigenvalue weighted by molar-refractivity contribution is -0.152. The average Bonchev–Trinajstić information content (AvgIpc) is 3.10. The predicted molar refractivity (Wildman–Crippen MR) is 199 cm³/mol. The highest BCUT2D eigenvalue weighted by atomic mass is 16.5. The minimum atomic E-state index is -1.79. The third kappa shape index (κ3) is 25.6. The van der Waals surface area contributed by atoms with Gasteiger partial charge in [0.05, 0.1) is 18.6 Å². The fourth-order valence-corrected chi connectivity index (χ4v) is 3.32. The van der Waals surface area contributed by atoms with Gasteiger partial charge in [0.1, 0.15) is 0 Å². The maximum Gasteiger partial charge on any atom is 0.337 e. The van der Waals surface area contributed by atoms with Crippen LogP contribution >= 0.6 is 0 Å². The van der Waals surface area contributed by atoms with Gasteiger partial charge in [-0.15, -0.1) is 0 Å². The number of benzene rings is 2. The Kier molecular flexibility index (Phi) is 26.7. The maximum atomic E-state index is 11.3. The van der Waals surface area contributed by atoms with Crippen LogP contribution in [0.3, 0.4) is 0 Å². The molecule has 2 rings (SSSR count). The monoisotopic (exact) mass is 704 g/mol. The first-order valence-electron chi connectivity index (χ1n) is 15.7.